The van der Waals surface area contributed by atoms with Crippen molar-refractivity contribution in [2.45, 2.75) is 52.2 Å². The van der Waals surface area contributed by atoms with Crippen molar-refractivity contribution in [3.05, 3.63) is 22.7 Å². The lowest BCUT2D eigenvalue weighted by Crippen LogP contribution is -2.39. The van der Waals surface area contributed by atoms with Crippen LogP contribution in [0, 0.1) is 0 Å². The molecule has 4 nitrogen and oxygen atoms in total. The number of benzene rings is 1. The first kappa shape index (κ1) is 19.1. The summed E-state index contributed by atoms with van der Waals surface area (Å²) < 4.78 is 11.0. The van der Waals surface area contributed by atoms with E-state index in [0.717, 1.165) is 24.8 Å². The lowest BCUT2D eigenvalue weighted by atomic mass is 9.97. The van der Waals surface area contributed by atoms with Crippen molar-refractivity contribution in [2.24, 2.45) is 0 Å². The van der Waals surface area contributed by atoms with Crippen LogP contribution in [0.2, 0.25) is 5.02 Å². The number of ether oxygens (including phenoxy) is 2. The monoisotopic (exact) mass is 329 g/mol. The maximum Gasteiger partial charge on any atom is 0.179 e. The number of methoxy groups -OCH3 is 1. The summed E-state index contributed by atoms with van der Waals surface area (Å²) in [6.45, 7) is 7.80. The van der Waals surface area contributed by atoms with Gasteiger partial charge in [0.25, 0.3) is 0 Å². The van der Waals surface area contributed by atoms with Gasteiger partial charge in [0, 0.05) is 13.1 Å². The smallest absolute Gasteiger partial charge is 0.179 e. The molecule has 0 aliphatic carbocycles. The van der Waals surface area contributed by atoms with Crippen molar-refractivity contribution in [1.29, 1.82) is 0 Å². The van der Waals surface area contributed by atoms with Crippen LogP contribution in [0.25, 0.3) is 0 Å². The zero-order valence-corrected chi connectivity index (χ0v) is 14.8. The van der Waals surface area contributed by atoms with E-state index in [9.17, 15) is 5.11 Å². The predicted molar refractivity (Wildman–Crippen MR) is 91.0 cm³/mol. The fourth-order valence-electron chi connectivity index (χ4n) is 2.16. The molecule has 0 saturated carbocycles. The van der Waals surface area contributed by atoms with Gasteiger partial charge in [0.2, 0.25) is 0 Å². The molecule has 0 bridgehead atoms. The Morgan fingerprint density at radius 1 is 1.23 bits per heavy atom. The molecule has 1 aromatic rings. The van der Waals surface area contributed by atoms with E-state index < -0.39 is 5.60 Å². The van der Waals surface area contributed by atoms with Crippen molar-refractivity contribution in [1.82, 2.24) is 5.32 Å². The normalized spacial score (nSPS) is 11.5. The zero-order chi connectivity index (χ0) is 16.6. The van der Waals surface area contributed by atoms with Gasteiger partial charge in [0.05, 0.1) is 24.3 Å². The molecule has 0 aliphatic heterocycles. The molecule has 2 N–H and O–H groups in total. The van der Waals surface area contributed by atoms with Gasteiger partial charge in [-0.1, -0.05) is 32.4 Å². The highest BCUT2D eigenvalue weighted by Crippen LogP contribution is 2.36. The molecule has 0 atom stereocenters. The Kier molecular flexibility index (Phi) is 8.01. The third kappa shape index (κ3) is 5.34. The van der Waals surface area contributed by atoms with E-state index in [-0.39, 0.29) is 0 Å². The van der Waals surface area contributed by atoms with Crippen LogP contribution in [-0.4, -0.2) is 31.0 Å². The van der Waals surface area contributed by atoms with Gasteiger partial charge in [-0.05, 0) is 37.0 Å². The topological polar surface area (TPSA) is 50.7 Å². The lowest BCUT2D eigenvalue weighted by molar-refractivity contribution is 0.0323. The molecule has 0 aromatic heterocycles. The Morgan fingerprint density at radius 3 is 2.45 bits per heavy atom. The number of hydrogen-bond donors (Lipinski definition) is 2. The van der Waals surface area contributed by atoms with Crippen LogP contribution in [0.3, 0.4) is 0 Å². The Labute approximate surface area is 138 Å². The van der Waals surface area contributed by atoms with Crippen LogP contribution < -0.4 is 14.8 Å². The SMILES string of the molecule is CCCOc1c(Cl)cc(CNCC(O)(CC)CC)cc1OC. The van der Waals surface area contributed by atoms with Gasteiger partial charge in [-0.25, -0.2) is 0 Å². The van der Waals surface area contributed by atoms with E-state index in [0.29, 0.717) is 36.2 Å². The average molecular weight is 330 g/mol. The molecule has 1 aromatic carbocycles. The summed E-state index contributed by atoms with van der Waals surface area (Å²) in [5.41, 5.74) is 0.346. The summed E-state index contributed by atoms with van der Waals surface area (Å²) >= 11 is 6.29. The van der Waals surface area contributed by atoms with Crippen molar-refractivity contribution in [3.63, 3.8) is 0 Å². The Bertz CT molecular complexity index is 461. The van der Waals surface area contributed by atoms with E-state index in [1.54, 1.807) is 7.11 Å². The first-order valence-electron chi connectivity index (χ1n) is 7.92. The number of nitrogens with one attached hydrogen (secondary N) is 1. The standard InChI is InChI=1S/C17H28ClNO3/c1-5-8-22-16-14(18)9-13(10-15(16)21-4)11-19-12-17(20,6-2)7-3/h9-10,19-20H,5-8,11-12H2,1-4H3. The highest BCUT2D eigenvalue weighted by molar-refractivity contribution is 6.32. The molecular weight excluding hydrogens is 302 g/mol. The van der Waals surface area contributed by atoms with Crippen molar-refractivity contribution in [2.75, 3.05) is 20.3 Å². The molecule has 0 aliphatic rings. The first-order chi connectivity index (χ1) is 10.5. The highest BCUT2D eigenvalue weighted by Gasteiger charge is 2.21. The molecule has 5 heteroatoms. The zero-order valence-electron chi connectivity index (χ0n) is 14.0. The van der Waals surface area contributed by atoms with Gasteiger partial charge in [0.15, 0.2) is 11.5 Å². The van der Waals surface area contributed by atoms with E-state index >= 15 is 0 Å². The second-order valence-corrected chi connectivity index (χ2v) is 5.90. The quantitative estimate of drug-likeness (QED) is 0.686. The lowest BCUT2D eigenvalue weighted by Gasteiger charge is -2.25. The van der Waals surface area contributed by atoms with Gasteiger partial charge in [0.1, 0.15) is 0 Å². The van der Waals surface area contributed by atoms with Gasteiger partial charge in [-0.15, -0.1) is 0 Å². The fraction of sp³-hybridized carbons (Fsp3) is 0.647. The van der Waals surface area contributed by atoms with E-state index in [1.165, 1.54) is 0 Å². The van der Waals surface area contributed by atoms with E-state index in [2.05, 4.69) is 5.32 Å². The molecule has 0 heterocycles. The average Bonchev–Trinajstić information content (AvgIpc) is 2.53. The van der Waals surface area contributed by atoms with E-state index in [1.807, 2.05) is 32.9 Å². The summed E-state index contributed by atoms with van der Waals surface area (Å²) in [5, 5.41) is 14.1. The van der Waals surface area contributed by atoms with E-state index in [4.69, 9.17) is 21.1 Å². The summed E-state index contributed by atoms with van der Waals surface area (Å²) in [4.78, 5) is 0. The van der Waals surface area contributed by atoms with Gasteiger partial charge in [-0.3, -0.25) is 0 Å². The number of hydrogen-bond acceptors (Lipinski definition) is 4. The minimum absolute atomic E-state index is 0.547. The molecule has 0 fully saturated rings. The number of rotatable bonds is 10. The molecule has 0 saturated heterocycles. The summed E-state index contributed by atoms with van der Waals surface area (Å²) in [7, 11) is 1.61. The van der Waals surface area contributed by atoms with Crippen LogP contribution in [-0.2, 0) is 6.54 Å². The molecule has 0 unspecified atom stereocenters. The first-order valence-corrected chi connectivity index (χ1v) is 8.29. The van der Waals surface area contributed by atoms with Gasteiger partial charge >= 0.3 is 0 Å². The number of aliphatic hydroxyl groups is 1. The summed E-state index contributed by atoms with van der Waals surface area (Å²) in [6, 6.07) is 3.79. The second-order valence-electron chi connectivity index (χ2n) is 5.49. The molecule has 0 amide bonds. The van der Waals surface area contributed by atoms with Crippen LogP contribution in [0.15, 0.2) is 12.1 Å². The van der Waals surface area contributed by atoms with Crippen molar-refractivity contribution < 1.29 is 14.6 Å². The maximum absolute atomic E-state index is 10.3. The fourth-order valence-corrected chi connectivity index (χ4v) is 2.45. The largest absolute Gasteiger partial charge is 0.493 e. The van der Waals surface area contributed by atoms with Crippen molar-refractivity contribution >= 4 is 11.6 Å². The van der Waals surface area contributed by atoms with Crippen LogP contribution >= 0.6 is 11.6 Å². The maximum atomic E-state index is 10.3. The number of halogens is 1. The van der Waals surface area contributed by atoms with Crippen LogP contribution in [0.5, 0.6) is 11.5 Å². The molecule has 0 spiro atoms. The Morgan fingerprint density at radius 2 is 1.91 bits per heavy atom. The molecule has 0 radical (unpaired) electrons. The van der Waals surface area contributed by atoms with Gasteiger partial charge in [-0.2, -0.15) is 0 Å². The van der Waals surface area contributed by atoms with Crippen LogP contribution in [0.4, 0.5) is 0 Å². The molecular formula is C17H28ClNO3. The third-order valence-corrected chi connectivity index (χ3v) is 4.12. The highest BCUT2D eigenvalue weighted by atomic mass is 35.5. The summed E-state index contributed by atoms with van der Waals surface area (Å²) in [6.07, 6.45) is 2.37. The third-order valence-electron chi connectivity index (χ3n) is 3.84. The predicted octanol–water partition coefficient (Wildman–Crippen LogP) is 3.78. The van der Waals surface area contributed by atoms with Crippen LogP contribution in [0.1, 0.15) is 45.6 Å². The molecule has 22 heavy (non-hydrogen) atoms. The molecule has 126 valence electrons. The summed E-state index contributed by atoms with van der Waals surface area (Å²) in [5.74, 6) is 1.23. The molecule has 1 rings (SSSR count). The minimum Gasteiger partial charge on any atom is -0.493 e. The Hall–Kier alpha value is -0.970. The minimum atomic E-state index is -0.655. The van der Waals surface area contributed by atoms with Gasteiger partial charge < -0.3 is 19.9 Å². The Balaban J connectivity index is 2.74. The second kappa shape index (κ2) is 9.23. The van der Waals surface area contributed by atoms with Crippen molar-refractivity contribution in [3.8, 4) is 11.5 Å².